The lowest BCUT2D eigenvalue weighted by Crippen LogP contribution is -2.03. The molecule has 0 fully saturated rings. The van der Waals surface area contributed by atoms with Gasteiger partial charge in [0.1, 0.15) is 11.6 Å². The van der Waals surface area contributed by atoms with Gasteiger partial charge >= 0.3 is 0 Å². The Hall–Kier alpha value is -2.92. The van der Waals surface area contributed by atoms with Gasteiger partial charge in [0.2, 0.25) is 0 Å². The second kappa shape index (κ2) is 5.70. The molecular formula is C18H16N4O. The van der Waals surface area contributed by atoms with Crippen LogP contribution in [0.3, 0.4) is 0 Å². The van der Waals surface area contributed by atoms with E-state index in [0.29, 0.717) is 6.54 Å². The van der Waals surface area contributed by atoms with Crippen LogP contribution in [-0.4, -0.2) is 31.2 Å². The average Bonchev–Trinajstić information content (AvgIpc) is 3.14. The van der Waals surface area contributed by atoms with Crippen LogP contribution < -0.4 is 0 Å². The van der Waals surface area contributed by atoms with Crippen LogP contribution in [0.5, 0.6) is 0 Å². The summed E-state index contributed by atoms with van der Waals surface area (Å²) in [6.45, 7) is 0.589. The number of H-pyrrole nitrogens is 1. The average molecular weight is 304 g/mol. The molecule has 0 spiro atoms. The lowest BCUT2D eigenvalue weighted by atomic mass is 10.3. The summed E-state index contributed by atoms with van der Waals surface area (Å²) >= 11 is 0. The summed E-state index contributed by atoms with van der Waals surface area (Å²) in [5, 5.41) is 9.31. The number of hydrogen-bond donors (Lipinski definition) is 2. The molecule has 0 amide bonds. The number of aromatic nitrogens is 4. The molecule has 0 aliphatic heterocycles. The molecular weight excluding hydrogens is 288 g/mol. The monoisotopic (exact) mass is 304 g/mol. The largest absolute Gasteiger partial charge is 0.395 e. The highest BCUT2D eigenvalue weighted by Crippen LogP contribution is 2.18. The Bertz CT molecular complexity index is 964. The highest BCUT2D eigenvalue weighted by molar-refractivity contribution is 5.81. The maximum Gasteiger partial charge on any atom is 0.134 e. The smallest absolute Gasteiger partial charge is 0.134 e. The Labute approximate surface area is 132 Å². The second-order valence-corrected chi connectivity index (χ2v) is 5.31. The molecule has 0 atom stereocenters. The molecule has 4 aromatic rings. The summed E-state index contributed by atoms with van der Waals surface area (Å²) in [5.41, 5.74) is 3.89. The number of para-hydroxylation sites is 4. The molecule has 4 rings (SSSR count). The van der Waals surface area contributed by atoms with Crippen molar-refractivity contribution in [3.05, 3.63) is 60.2 Å². The molecule has 23 heavy (non-hydrogen) atoms. The van der Waals surface area contributed by atoms with Crippen molar-refractivity contribution in [2.75, 3.05) is 6.61 Å². The number of rotatable bonds is 4. The van der Waals surface area contributed by atoms with Gasteiger partial charge in [-0.15, -0.1) is 0 Å². The second-order valence-electron chi connectivity index (χ2n) is 5.31. The van der Waals surface area contributed by atoms with Gasteiger partial charge in [-0.1, -0.05) is 24.3 Å². The highest BCUT2D eigenvalue weighted by atomic mass is 16.3. The molecule has 2 aromatic carbocycles. The predicted octanol–water partition coefficient (Wildman–Crippen LogP) is 3.08. The third-order valence-electron chi connectivity index (χ3n) is 3.81. The molecule has 0 aliphatic rings. The Morgan fingerprint density at radius 2 is 1.74 bits per heavy atom. The van der Waals surface area contributed by atoms with Gasteiger partial charge in [-0.3, -0.25) is 0 Å². The van der Waals surface area contributed by atoms with Crippen LogP contribution in [0.15, 0.2) is 48.5 Å². The molecule has 0 aliphatic carbocycles. The molecule has 2 aromatic heterocycles. The molecule has 5 heteroatoms. The molecule has 0 bridgehead atoms. The molecule has 0 unspecified atom stereocenters. The number of nitrogens with zero attached hydrogens (tertiary/aromatic N) is 3. The van der Waals surface area contributed by atoms with Crippen LogP contribution in [0.25, 0.3) is 34.2 Å². The maximum absolute atomic E-state index is 9.31. The van der Waals surface area contributed by atoms with Gasteiger partial charge in [0.25, 0.3) is 0 Å². The third-order valence-corrected chi connectivity index (χ3v) is 3.81. The topological polar surface area (TPSA) is 66.7 Å². The summed E-state index contributed by atoms with van der Waals surface area (Å²) in [6, 6.07) is 15.9. The SMILES string of the molecule is OCCn1c(/C=C/c2nc3ccccc3[nH]2)nc2ccccc21. The van der Waals surface area contributed by atoms with E-state index >= 15 is 0 Å². The lowest BCUT2D eigenvalue weighted by Gasteiger charge is -2.03. The number of nitrogens with one attached hydrogen (secondary N) is 1. The van der Waals surface area contributed by atoms with Gasteiger partial charge in [-0.25, -0.2) is 9.97 Å². The van der Waals surface area contributed by atoms with Crippen LogP contribution >= 0.6 is 0 Å². The fourth-order valence-electron chi connectivity index (χ4n) is 2.76. The van der Waals surface area contributed by atoms with Crippen LogP contribution in [0.4, 0.5) is 0 Å². The minimum absolute atomic E-state index is 0.0752. The summed E-state index contributed by atoms with van der Waals surface area (Å²) in [7, 11) is 0. The summed E-state index contributed by atoms with van der Waals surface area (Å²) in [6.07, 6.45) is 3.84. The fraction of sp³-hybridized carbons (Fsp3) is 0.111. The van der Waals surface area contributed by atoms with Gasteiger partial charge in [0.15, 0.2) is 0 Å². The van der Waals surface area contributed by atoms with Gasteiger partial charge in [0.05, 0.1) is 28.7 Å². The van der Waals surface area contributed by atoms with E-state index in [4.69, 9.17) is 0 Å². The van der Waals surface area contributed by atoms with Crippen molar-refractivity contribution < 1.29 is 5.11 Å². The van der Waals surface area contributed by atoms with Gasteiger partial charge < -0.3 is 14.7 Å². The third kappa shape index (κ3) is 2.51. The van der Waals surface area contributed by atoms with Crippen LogP contribution in [0.2, 0.25) is 0 Å². The Morgan fingerprint density at radius 1 is 0.957 bits per heavy atom. The van der Waals surface area contributed by atoms with E-state index in [1.54, 1.807) is 0 Å². The van der Waals surface area contributed by atoms with E-state index in [1.165, 1.54) is 0 Å². The first-order valence-electron chi connectivity index (χ1n) is 7.54. The van der Waals surface area contributed by atoms with Crippen molar-refractivity contribution in [2.45, 2.75) is 6.54 Å². The normalized spacial score (nSPS) is 11.9. The first-order valence-corrected chi connectivity index (χ1v) is 7.54. The zero-order chi connectivity index (χ0) is 15.6. The van der Waals surface area contributed by atoms with Crippen molar-refractivity contribution >= 4 is 34.2 Å². The molecule has 2 N–H and O–H groups in total. The summed E-state index contributed by atoms with van der Waals surface area (Å²) < 4.78 is 2.01. The van der Waals surface area contributed by atoms with Crippen molar-refractivity contribution in [2.24, 2.45) is 0 Å². The number of aliphatic hydroxyl groups excluding tert-OH is 1. The number of aromatic amines is 1. The Morgan fingerprint density at radius 3 is 2.57 bits per heavy atom. The number of hydrogen-bond acceptors (Lipinski definition) is 3. The quantitative estimate of drug-likeness (QED) is 0.609. The lowest BCUT2D eigenvalue weighted by molar-refractivity contribution is 0.277. The van der Waals surface area contributed by atoms with Crippen molar-refractivity contribution in [3.63, 3.8) is 0 Å². The standard InChI is InChI=1S/C18H16N4O/c23-12-11-22-16-8-4-3-7-15(16)21-18(22)10-9-17-19-13-5-1-2-6-14(13)20-17/h1-10,23H,11-12H2,(H,19,20)/b10-9+. The zero-order valence-corrected chi connectivity index (χ0v) is 12.5. The molecule has 0 saturated carbocycles. The Kier molecular flexibility index (Phi) is 3.40. The van der Waals surface area contributed by atoms with Crippen molar-refractivity contribution in [1.82, 2.24) is 19.5 Å². The number of benzene rings is 2. The Balaban J connectivity index is 1.75. The predicted molar refractivity (Wildman–Crippen MR) is 91.8 cm³/mol. The van der Waals surface area contributed by atoms with E-state index in [-0.39, 0.29) is 6.61 Å². The van der Waals surface area contributed by atoms with Gasteiger partial charge in [-0.05, 0) is 36.4 Å². The molecule has 2 heterocycles. The molecule has 0 saturated heterocycles. The first-order chi connectivity index (χ1) is 11.3. The minimum Gasteiger partial charge on any atom is -0.395 e. The van der Waals surface area contributed by atoms with Gasteiger partial charge in [0, 0.05) is 6.54 Å². The van der Waals surface area contributed by atoms with Crippen molar-refractivity contribution in [1.29, 1.82) is 0 Å². The van der Waals surface area contributed by atoms with E-state index in [1.807, 2.05) is 65.3 Å². The van der Waals surface area contributed by atoms with Crippen LogP contribution in [0, 0.1) is 0 Å². The number of aliphatic hydroxyl groups is 1. The maximum atomic E-state index is 9.31. The number of fused-ring (bicyclic) bond motifs is 2. The fourth-order valence-corrected chi connectivity index (χ4v) is 2.76. The number of imidazole rings is 2. The summed E-state index contributed by atoms with van der Waals surface area (Å²) in [5.74, 6) is 1.59. The summed E-state index contributed by atoms with van der Waals surface area (Å²) in [4.78, 5) is 12.4. The van der Waals surface area contributed by atoms with Crippen LogP contribution in [-0.2, 0) is 6.54 Å². The molecule has 5 nitrogen and oxygen atoms in total. The highest BCUT2D eigenvalue weighted by Gasteiger charge is 2.07. The zero-order valence-electron chi connectivity index (χ0n) is 12.5. The van der Waals surface area contributed by atoms with E-state index in [0.717, 1.165) is 33.7 Å². The van der Waals surface area contributed by atoms with E-state index < -0.39 is 0 Å². The molecule has 114 valence electrons. The van der Waals surface area contributed by atoms with E-state index in [2.05, 4.69) is 15.0 Å². The van der Waals surface area contributed by atoms with E-state index in [9.17, 15) is 5.11 Å². The molecule has 0 radical (unpaired) electrons. The van der Waals surface area contributed by atoms with Gasteiger partial charge in [-0.2, -0.15) is 0 Å². The van der Waals surface area contributed by atoms with Crippen LogP contribution in [0.1, 0.15) is 11.6 Å². The first kappa shape index (κ1) is 13.7. The van der Waals surface area contributed by atoms with Crippen molar-refractivity contribution in [3.8, 4) is 0 Å². The minimum atomic E-state index is 0.0752.